The zero-order valence-corrected chi connectivity index (χ0v) is 11.7. The lowest BCUT2D eigenvalue weighted by atomic mass is 10.2. The summed E-state index contributed by atoms with van der Waals surface area (Å²) in [5.41, 5.74) is 1.32. The highest BCUT2D eigenvalue weighted by atomic mass is 16.5. The number of methoxy groups -OCH3 is 1. The fourth-order valence-electron chi connectivity index (χ4n) is 2.16. The van der Waals surface area contributed by atoms with Crippen molar-refractivity contribution in [2.45, 2.75) is 0 Å². The van der Waals surface area contributed by atoms with Gasteiger partial charge in [-0.15, -0.1) is 0 Å². The van der Waals surface area contributed by atoms with Crippen molar-refractivity contribution in [3.05, 3.63) is 30.0 Å². The molecule has 0 bridgehead atoms. The fourth-order valence-corrected chi connectivity index (χ4v) is 2.16. The molecule has 0 aliphatic rings. The first-order chi connectivity index (χ1) is 9.69. The van der Waals surface area contributed by atoms with Gasteiger partial charge < -0.3 is 14.7 Å². The number of ether oxygens (including phenoxy) is 1. The molecule has 0 aliphatic carbocycles. The number of aliphatic hydroxyl groups is 1. The van der Waals surface area contributed by atoms with Gasteiger partial charge in [-0.25, -0.2) is 0 Å². The summed E-state index contributed by atoms with van der Waals surface area (Å²) < 4.78 is 6.69. The number of aryl methyl sites for hydroxylation is 1. The van der Waals surface area contributed by atoms with Gasteiger partial charge in [0, 0.05) is 32.6 Å². The Morgan fingerprint density at radius 2 is 2.15 bits per heavy atom. The summed E-state index contributed by atoms with van der Waals surface area (Å²) in [6.45, 7) is 1.05. The SMILES string of the molecule is COCCN(CCO)C(=O)c1nn(C)c2ccccc12. The summed E-state index contributed by atoms with van der Waals surface area (Å²) in [6, 6.07) is 7.59. The van der Waals surface area contributed by atoms with Crippen LogP contribution in [0, 0.1) is 0 Å². The van der Waals surface area contributed by atoms with Gasteiger partial charge in [-0.05, 0) is 6.07 Å². The number of aromatic nitrogens is 2. The van der Waals surface area contributed by atoms with Crippen LogP contribution in [-0.2, 0) is 11.8 Å². The molecule has 0 atom stereocenters. The minimum Gasteiger partial charge on any atom is -0.395 e. The highest BCUT2D eigenvalue weighted by Crippen LogP contribution is 2.18. The molecule has 2 rings (SSSR count). The summed E-state index contributed by atoms with van der Waals surface area (Å²) in [7, 11) is 3.39. The molecule has 0 spiro atoms. The summed E-state index contributed by atoms with van der Waals surface area (Å²) in [6.07, 6.45) is 0. The number of amides is 1. The maximum atomic E-state index is 12.6. The second-order valence-corrected chi connectivity index (χ2v) is 4.50. The topological polar surface area (TPSA) is 67.6 Å². The first kappa shape index (κ1) is 14.5. The summed E-state index contributed by atoms with van der Waals surface area (Å²) in [5, 5.41) is 14.2. The Morgan fingerprint density at radius 3 is 2.85 bits per heavy atom. The van der Waals surface area contributed by atoms with E-state index in [1.54, 1.807) is 16.7 Å². The predicted octanol–water partition coefficient (Wildman–Crippen LogP) is 0.654. The number of para-hydroxylation sites is 1. The van der Waals surface area contributed by atoms with Gasteiger partial charge in [-0.1, -0.05) is 18.2 Å². The normalized spacial score (nSPS) is 10.9. The van der Waals surface area contributed by atoms with Crippen LogP contribution in [0.25, 0.3) is 10.9 Å². The number of nitrogens with zero attached hydrogens (tertiary/aromatic N) is 3. The van der Waals surface area contributed by atoms with Gasteiger partial charge in [0.1, 0.15) is 0 Å². The van der Waals surface area contributed by atoms with Gasteiger partial charge in [-0.3, -0.25) is 9.48 Å². The Morgan fingerprint density at radius 1 is 1.40 bits per heavy atom. The van der Waals surface area contributed by atoms with Gasteiger partial charge in [0.15, 0.2) is 5.69 Å². The Hall–Kier alpha value is -1.92. The molecule has 20 heavy (non-hydrogen) atoms. The molecule has 0 fully saturated rings. The first-order valence-electron chi connectivity index (χ1n) is 6.50. The number of benzene rings is 1. The largest absolute Gasteiger partial charge is 0.395 e. The van der Waals surface area contributed by atoms with Gasteiger partial charge in [0.05, 0.1) is 18.7 Å². The van der Waals surface area contributed by atoms with Crippen molar-refractivity contribution in [2.24, 2.45) is 7.05 Å². The van der Waals surface area contributed by atoms with Crippen LogP contribution < -0.4 is 0 Å². The first-order valence-corrected chi connectivity index (χ1v) is 6.50. The second-order valence-electron chi connectivity index (χ2n) is 4.50. The number of hydrogen-bond donors (Lipinski definition) is 1. The summed E-state index contributed by atoms with van der Waals surface area (Å²) in [4.78, 5) is 14.1. The highest BCUT2D eigenvalue weighted by molar-refractivity contribution is 6.04. The van der Waals surface area contributed by atoms with Crippen LogP contribution in [0.1, 0.15) is 10.5 Å². The fraction of sp³-hybridized carbons (Fsp3) is 0.429. The number of fused-ring (bicyclic) bond motifs is 1. The van der Waals surface area contributed by atoms with Crippen LogP contribution >= 0.6 is 0 Å². The summed E-state index contributed by atoms with van der Waals surface area (Å²) in [5.74, 6) is -0.187. The molecule has 1 heterocycles. The zero-order chi connectivity index (χ0) is 14.5. The maximum absolute atomic E-state index is 12.6. The third kappa shape index (κ3) is 2.81. The molecular weight excluding hydrogens is 258 g/mol. The van der Waals surface area contributed by atoms with Crippen molar-refractivity contribution in [3.63, 3.8) is 0 Å². The van der Waals surface area contributed by atoms with Gasteiger partial charge in [0.25, 0.3) is 5.91 Å². The average molecular weight is 277 g/mol. The molecule has 1 aromatic carbocycles. The number of aliphatic hydroxyl groups excluding tert-OH is 1. The van der Waals surface area contributed by atoms with E-state index >= 15 is 0 Å². The standard InChI is InChI=1S/C14H19N3O3/c1-16-12-6-4-3-5-11(12)13(15-16)14(19)17(7-9-18)8-10-20-2/h3-6,18H,7-10H2,1-2H3. The lowest BCUT2D eigenvalue weighted by Gasteiger charge is -2.20. The lowest BCUT2D eigenvalue weighted by molar-refractivity contribution is 0.0652. The molecule has 0 radical (unpaired) electrons. The molecule has 6 nitrogen and oxygen atoms in total. The van der Waals surface area contributed by atoms with Crippen LogP contribution in [0.2, 0.25) is 0 Å². The summed E-state index contributed by atoms with van der Waals surface area (Å²) >= 11 is 0. The quantitative estimate of drug-likeness (QED) is 0.842. The van der Waals surface area contributed by atoms with Crippen molar-refractivity contribution in [1.29, 1.82) is 0 Å². The monoisotopic (exact) mass is 277 g/mol. The number of carbonyl (C=O) groups is 1. The van der Waals surface area contributed by atoms with E-state index in [9.17, 15) is 4.79 Å². The van der Waals surface area contributed by atoms with Gasteiger partial charge in [-0.2, -0.15) is 5.10 Å². The van der Waals surface area contributed by atoms with E-state index in [1.807, 2.05) is 31.3 Å². The smallest absolute Gasteiger partial charge is 0.275 e. The van der Waals surface area contributed by atoms with E-state index in [0.717, 1.165) is 10.9 Å². The Labute approximate surface area is 117 Å². The van der Waals surface area contributed by atoms with Crippen LogP contribution in [0.3, 0.4) is 0 Å². The van der Waals surface area contributed by atoms with Crippen molar-refractivity contribution < 1.29 is 14.6 Å². The molecule has 1 N–H and O–H groups in total. The minimum atomic E-state index is -0.187. The third-order valence-corrected chi connectivity index (χ3v) is 3.18. The van der Waals surface area contributed by atoms with Crippen LogP contribution in [0.4, 0.5) is 0 Å². The number of rotatable bonds is 6. The van der Waals surface area contributed by atoms with Gasteiger partial charge >= 0.3 is 0 Å². The van der Waals surface area contributed by atoms with Crippen LogP contribution in [-0.4, -0.2) is 59.1 Å². The molecule has 0 saturated carbocycles. The molecule has 1 amide bonds. The number of carbonyl (C=O) groups excluding carboxylic acids is 1. The second kappa shape index (κ2) is 6.49. The maximum Gasteiger partial charge on any atom is 0.275 e. The van der Waals surface area contributed by atoms with E-state index in [1.165, 1.54) is 0 Å². The number of hydrogen-bond acceptors (Lipinski definition) is 4. The van der Waals surface area contributed by atoms with Crippen LogP contribution in [0.5, 0.6) is 0 Å². The van der Waals surface area contributed by atoms with E-state index < -0.39 is 0 Å². The van der Waals surface area contributed by atoms with E-state index in [-0.39, 0.29) is 19.1 Å². The van der Waals surface area contributed by atoms with E-state index in [2.05, 4.69) is 5.10 Å². The van der Waals surface area contributed by atoms with Crippen molar-refractivity contribution in [2.75, 3.05) is 33.4 Å². The zero-order valence-electron chi connectivity index (χ0n) is 11.7. The molecular formula is C14H19N3O3. The average Bonchev–Trinajstić information content (AvgIpc) is 2.80. The molecule has 108 valence electrons. The molecule has 6 heteroatoms. The minimum absolute atomic E-state index is 0.0831. The molecule has 0 aliphatic heterocycles. The van der Waals surface area contributed by atoms with Crippen molar-refractivity contribution >= 4 is 16.8 Å². The highest BCUT2D eigenvalue weighted by Gasteiger charge is 2.21. The van der Waals surface area contributed by atoms with Crippen LogP contribution in [0.15, 0.2) is 24.3 Å². The van der Waals surface area contributed by atoms with E-state index in [0.29, 0.717) is 18.8 Å². The molecule has 2 aromatic rings. The lowest BCUT2D eigenvalue weighted by Crippen LogP contribution is -2.36. The Bertz CT molecular complexity index is 594. The van der Waals surface area contributed by atoms with Gasteiger partial charge in [0.2, 0.25) is 0 Å². The predicted molar refractivity (Wildman–Crippen MR) is 75.6 cm³/mol. The molecule has 0 saturated heterocycles. The third-order valence-electron chi connectivity index (χ3n) is 3.18. The van der Waals surface area contributed by atoms with Crippen molar-refractivity contribution in [1.82, 2.24) is 14.7 Å². The van der Waals surface area contributed by atoms with E-state index in [4.69, 9.17) is 9.84 Å². The Kier molecular flexibility index (Phi) is 4.70. The Balaban J connectivity index is 2.33. The van der Waals surface area contributed by atoms with Crippen molar-refractivity contribution in [3.8, 4) is 0 Å². The molecule has 1 aromatic heterocycles. The molecule has 0 unspecified atom stereocenters.